The molecule has 0 aliphatic carbocycles. The second-order valence-electron chi connectivity index (χ2n) is 5.92. The molecule has 3 aromatic rings. The first kappa shape index (κ1) is 15.4. The van der Waals surface area contributed by atoms with Crippen LogP contribution in [0.2, 0.25) is 0 Å². The van der Waals surface area contributed by atoms with Crippen LogP contribution in [0.4, 0.5) is 5.82 Å². The number of pyridine rings is 1. The van der Waals surface area contributed by atoms with Crippen LogP contribution in [-0.2, 0) is 11.2 Å². The van der Waals surface area contributed by atoms with E-state index in [4.69, 9.17) is 4.52 Å². The van der Waals surface area contributed by atoms with Crippen LogP contribution in [0.3, 0.4) is 0 Å². The first-order chi connectivity index (χ1) is 12.3. The lowest BCUT2D eigenvalue weighted by atomic mass is 10.2. The Bertz CT molecular complexity index is 822. The predicted molar refractivity (Wildman–Crippen MR) is 90.8 cm³/mol. The van der Waals surface area contributed by atoms with Crippen molar-refractivity contribution in [3.63, 3.8) is 0 Å². The number of aromatic amines is 1. The van der Waals surface area contributed by atoms with Crippen LogP contribution in [0, 0.1) is 0 Å². The fourth-order valence-corrected chi connectivity index (χ4v) is 2.92. The van der Waals surface area contributed by atoms with E-state index in [0.29, 0.717) is 18.8 Å². The lowest BCUT2D eigenvalue weighted by Gasteiger charge is -2.34. The topological polar surface area (TPSA) is 91.2 Å². The highest BCUT2D eigenvalue weighted by atomic mass is 16.5. The highest BCUT2D eigenvalue weighted by molar-refractivity contribution is 5.78. The zero-order chi connectivity index (χ0) is 17.1. The van der Waals surface area contributed by atoms with E-state index in [2.05, 4.69) is 25.2 Å². The molecule has 0 unspecified atom stereocenters. The quantitative estimate of drug-likeness (QED) is 0.772. The third-order valence-corrected chi connectivity index (χ3v) is 4.32. The number of carbonyl (C=O) groups is 1. The molecule has 4 heterocycles. The van der Waals surface area contributed by atoms with Crippen molar-refractivity contribution in [3.8, 4) is 11.3 Å². The smallest absolute Gasteiger partial charge is 0.228 e. The van der Waals surface area contributed by atoms with E-state index in [0.717, 1.165) is 30.2 Å². The standard InChI is InChI=1S/C17H18N6O2/c24-17(10-14-3-9-25-21-14)23-7-5-22(6-8-23)16-11-15(19-20-16)13-2-1-4-18-12-13/h1-4,9,11-12H,5-8,10H2,(H,19,20). The van der Waals surface area contributed by atoms with Crippen LogP contribution in [-0.4, -0.2) is 57.3 Å². The summed E-state index contributed by atoms with van der Waals surface area (Å²) >= 11 is 0. The Morgan fingerprint density at radius 2 is 2.12 bits per heavy atom. The Balaban J connectivity index is 1.36. The molecule has 0 aromatic carbocycles. The molecule has 1 aliphatic rings. The van der Waals surface area contributed by atoms with Crippen molar-refractivity contribution in [1.82, 2.24) is 25.2 Å². The number of nitrogens with one attached hydrogen (secondary N) is 1. The van der Waals surface area contributed by atoms with Crippen LogP contribution in [0.15, 0.2) is 47.4 Å². The second kappa shape index (κ2) is 6.76. The molecule has 1 amide bonds. The Kier molecular flexibility index (Phi) is 4.16. The summed E-state index contributed by atoms with van der Waals surface area (Å²) in [6, 6.07) is 7.63. The number of H-pyrrole nitrogens is 1. The zero-order valence-corrected chi connectivity index (χ0v) is 13.6. The summed E-state index contributed by atoms with van der Waals surface area (Å²) in [5.74, 6) is 0.967. The Hall–Kier alpha value is -3.16. The highest BCUT2D eigenvalue weighted by Gasteiger charge is 2.23. The van der Waals surface area contributed by atoms with Gasteiger partial charge < -0.3 is 14.3 Å². The molecule has 0 spiro atoms. The molecular formula is C17H18N6O2. The molecule has 8 nitrogen and oxygen atoms in total. The fourth-order valence-electron chi connectivity index (χ4n) is 2.92. The highest BCUT2D eigenvalue weighted by Crippen LogP contribution is 2.22. The Morgan fingerprint density at radius 1 is 1.24 bits per heavy atom. The van der Waals surface area contributed by atoms with E-state index in [1.807, 2.05) is 23.1 Å². The van der Waals surface area contributed by atoms with Gasteiger partial charge in [0.2, 0.25) is 5.91 Å². The van der Waals surface area contributed by atoms with E-state index in [-0.39, 0.29) is 12.3 Å². The minimum atomic E-state index is 0.0756. The van der Waals surface area contributed by atoms with Crippen LogP contribution in [0.25, 0.3) is 11.3 Å². The summed E-state index contributed by atoms with van der Waals surface area (Å²) in [6.07, 6.45) is 5.32. The number of hydrogen-bond donors (Lipinski definition) is 1. The van der Waals surface area contributed by atoms with Crippen LogP contribution < -0.4 is 4.90 Å². The number of anilines is 1. The van der Waals surface area contributed by atoms with Gasteiger partial charge in [-0.2, -0.15) is 5.10 Å². The molecule has 8 heteroatoms. The predicted octanol–water partition coefficient (Wildman–Crippen LogP) is 1.35. The average molecular weight is 338 g/mol. The van der Waals surface area contributed by atoms with E-state index >= 15 is 0 Å². The lowest BCUT2D eigenvalue weighted by molar-refractivity contribution is -0.130. The van der Waals surface area contributed by atoms with Gasteiger partial charge in [-0.1, -0.05) is 5.16 Å². The van der Waals surface area contributed by atoms with Gasteiger partial charge >= 0.3 is 0 Å². The van der Waals surface area contributed by atoms with E-state index in [9.17, 15) is 4.79 Å². The summed E-state index contributed by atoms with van der Waals surface area (Å²) in [5.41, 5.74) is 2.61. The van der Waals surface area contributed by atoms with Crippen molar-refractivity contribution >= 4 is 11.7 Å². The first-order valence-electron chi connectivity index (χ1n) is 8.17. The van der Waals surface area contributed by atoms with Crippen molar-refractivity contribution in [1.29, 1.82) is 0 Å². The molecular weight excluding hydrogens is 320 g/mol. The summed E-state index contributed by atoms with van der Waals surface area (Å²) < 4.78 is 4.77. The summed E-state index contributed by atoms with van der Waals surface area (Å²) in [5, 5.41) is 11.2. The van der Waals surface area contributed by atoms with Crippen molar-refractivity contribution in [2.24, 2.45) is 0 Å². The van der Waals surface area contributed by atoms with Gasteiger partial charge in [-0.05, 0) is 12.1 Å². The molecule has 1 aliphatic heterocycles. The van der Waals surface area contributed by atoms with E-state index in [1.165, 1.54) is 6.26 Å². The Labute approximate surface area is 144 Å². The summed E-state index contributed by atoms with van der Waals surface area (Å²) in [7, 11) is 0. The normalized spacial score (nSPS) is 14.7. The Morgan fingerprint density at radius 3 is 2.84 bits per heavy atom. The molecule has 3 aromatic heterocycles. The molecule has 0 saturated carbocycles. The largest absolute Gasteiger partial charge is 0.364 e. The summed E-state index contributed by atoms with van der Waals surface area (Å²) in [4.78, 5) is 20.5. The van der Waals surface area contributed by atoms with Gasteiger partial charge in [0, 0.05) is 56.3 Å². The zero-order valence-electron chi connectivity index (χ0n) is 13.6. The number of nitrogens with zero attached hydrogens (tertiary/aromatic N) is 5. The maximum absolute atomic E-state index is 12.3. The number of amides is 1. The van der Waals surface area contributed by atoms with Crippen LogP contribution in [0.5, 0.6) is 0 Å². The fraction of sp³-hybridized carbons (Fsp3) is 0.294. The molecule has 1 N–H and O–H groups in total. The van der Waals surface area contributed by atoms with Gasteiger partial charge in [-0.3, -0.25) is 14.9 Å². The monoisotopic (exact) mass is 338 g/mol. The van der Waals surface area contributed by atoms with Crippen LogP contribution in [0.1, 0.15) is 5.69 Å². The maximum atomic E-state index is 12.3. The summed E-state index contributed by atoms with van der Waals surface area (Å²) in [6.45, 7) is 2.85. The van der Waals surface area contributed by atoms with Gasteiger partial charge in [0.05, 0.1) is 17.8 Å². The average Bonchev–Trinajstić information content (AvgIpc) is 3.34. The number of carbonyl (C=O) groups excluding carboxylic acids is 1. The van der Waals surface area contributed by atoms with Crippen molar-refractivity contribution in [2.75, 3.05) is 31.1 Å². The minimum Gasteiger partial charge on any atom is -0.364 e. The van der Waals surface area contributed by atoms with Crippen molar-refractivity contribution < 1.29 is 9.32 Å². The van der Waals surface area contributed by atoms with Gasteiger partial charge in [0.15, 0.2) is 5.82 Å². The molecule has 0 radical (unpaired) electrons. The van der Waals surface area contributed by atoms with E-state index < -0.39 is 0 Å². The van der Waals surface area contributed by atoms with Gasteiger partial charge in [0.25, 0.3) is 0 Å². The van der Waals surface area contributed by atoms with Crippen LogP contribution >= 0.6 is 0 Å². The van der Waals surface area contributed by atoms with Crippen molar-refractivity contribution in [3.05, 3.63) is 48.6 Å². The first-order valence-corrected chi connectivity index (χ1v) is 8.17. The molecule has 25 heavy (non-hydrogen) atoms. The van der Waals surface area contributed by atoms with Crippen molar-refractivity contribution in [2.45, 2.75) is 6.42 Å². The third kappa shape index (κ3) is 3.37. The van der Waals surface area contributed by atoms with Gasteiger partial charge in [0.1, 0.15) is 6.26 Å². The molecule has 1 saturated heterocycles. The molecule has 0 atom stereocenters. The van der Waals surface area contributed by atoms with Gasteiger partial charge in [-0.15, -0.1) is 0 Å². The van der Waals surface area contributed by atoms with E-state index in [1.54, 1.807) is 18.5 Å². The molecule has 4 rings (SSSR count). The third-order valence-electron chi connectivity index (χ3n) is 4.32. The maximum Gasteiger partial charge on any atom is 0.228 e. The molecule has 128 valence electrons. The minimum absolute atomic E-state index is 0.0756. The number of piperazine rings is 1. The number of rotatable bonds is 4. The lowest BCUT2D eigenvalue weighted by Crippen LogP contribution is -2.49. The SMILES string of the molecule is O=C(Cc1ccon1)N1CCN(c2cc(-c3cccnc3)[nH]n2)CC1. The molecule has 0 bridgehead atoms. The van der Waals surface area contributed by atoms with Gasteiger partial charge in [-0.25, -0.2) is 0 Å². The molecule has 1 fully saturated rings. The second-order valence-corrected chi connectivity index (χ2v) is 5.92. The number of hydrogen-bond acceptors (Lipinski definition) is 6. The number of aromatic nitrogens is 4.